The van der Waals surface area contributed by atoms with E-state index in [0.717, 1.165) is 34.9 Å². The summed E-state index contributed by atoms with van der Waals surface area (Å²) in [6, 6.07) is 7.32. The number of carboxylic acids is 1. The van der Waals surface area contributed by atoms with Crippen LogP contribution in [0.2, 0.25) is 5.02 Å². The van der Waals surface area contributed by atoms with Crippen molar-refractivity contribution in [3.05, 3.63) is 74.2 Å². The minimum atomic E-state index is -0.833. The second-order valence-electron chi connectivity index (χ2n) is 7.64. The first-order valence-electron chi connectivity index (χ1n) is 10.3. The number of rotatable bonds is 6. The molecular formula is C24H23Cl2N3O2S. The van der Waals surface area contributed by atoms with Crippen LogP contribution in [0.25, 0.3) is 0 Å². The summed E-state index contributed by atoms with van der Waals surface area (Å²) in [5, 5.41) is 12.6. The molecule has 1 N–H and O–H groups in total. The highest BCUT2D eigenvalue weighted by atomic mass is 35.5. The maximum atomic E-state index is 11.3. The van der Waals surface area contributed by atoms with E-state index >= 15 is 0 Å². The molecule has 1 aliphatic carbocycles. The molecule has 1 aliphatic rings. The fourth-order valence-corrected chi connectivity index (χ4v) is 4.59. The van der Waals surface area contributed by atoms with Gasteiger partial charge >= 0.3 is 5.97 Å². The van der Waals surface area contributed by atoms with Crippen LogP contribution in [0.4, 0.5) is 0 Å². The lowest BCUT2D eigenvalue weighted by molar-refractivity contribution is -0.137. The quantitative estimate of drug-likeness (QED) is 0.478. The summed E-state index contributed by atoms with van der Waals surface area (Å²) in [4.78, 5) is 25.0. The molecule has 0 amide bonds. The number of aliphatic carboxylic acids is 1. The molecule has 0 bridgehead atoms. The van der Waals surface area contributed by atoms with Crippen LogP contribution in [0.3, 0.4) is 0 Å². The van der Waals surface area contributed by atoms with Gasteiger partial charge in [0.25, 0.3) is 0 Å². The van der Waals surface area contributed by atoms with E-state index in [1.807, 2.05) is 23.7 Å². The van der Waals surface area contributed by atoms with E-state index in [0.29, 0.717) is 17.9 Å². The zero-order valence-corrected chi connectivity index (χ0v) is 19.8. The summed E-state index contributed by atoms with van der Waals surface area (Å²) in [5.74, 6) is 5.98. The number of hydrogen-bond acceptors (Lipinski definition) is 5. The number of halogens is 2. The summed E-state index contributed by atoms with van der Waals surface area (Å²) < 4.78 is 0. The average Bonchev–Trinajstić information content (AvgIpc) is 3.20. The highest BCUT2D eigenvalue weighted by molar-refractivity contribution is 7.10. The van der Waals surface area contributed by atoms with Gasteiger partial charge in [-0.3, -0.25) is 4.79 Å². The Morgan fingerprint density at radius 1 is 1.19 bits per heavy atom. The first-order valence-corrected chi connectivity index (χ1v) is 11.6. The minimum Gasteiger partial charge on any atom is -0.481 e. The Balaban J connectivity index is 0.00000289. The number of aryl methyl sites for hydroxylation is 2. The van der Waals surface area contributed by atoms with Crippen molar-refractivity contribution in [3.8, 4) is 11.8 Å². The zero-order valence-electron chi connectivity index (χ0n) is 17.4. The lowest BCUT2D eigenvalue weighted by Gasteiger charge is -2.14. The molecule has 0 radical (unpaired) electrons. The van der Waals surface area contributed by atoms with Crippen LogP contribution in [0.5, 0.6) is 0 Å². The lowest BCUT2D eigenvalue weighted by Crippen LogP contribution is -2.09. The molecular weight excluding hydrogens is 465 g/mol. The summed E-state index contributed by atoms with van der Waals surface area (Å²) in [6.45, 7) is 0. The van der Waals surface area contributed by atoms with Crippen LogP contribution in [0.15, 0.2) is 35.8 Å². The predicted molar refractivity (Wildman–Crippen MR) is 129 cm³/mol. The SMILES string of the molecule is Cl.O=C(O)CC(Cc1csc(C#CCc2ncc3c(n2)CCCC3)n1)c1ccc(Cl)cc1. The zero-order chi connectivity index (χ0) is 21.6. The van der Waals surface area contributed by atoms with Gasteiger partial charge in [-0.2, -0.15) is 0 Å². The number of thiazole rings is 1. The van der Waals surface area contributed by atoms with Crippen molar-refractivity contribution >= 4 is 41.3 Å². The molecule has 0 spiro atoms. The molecule has 2 aromatic heterocycles. The molecule has 0 saturated heterocycles. The Morgan fingerprint density at radius 2 is 1.97 bits per heavy atom. The van der Waals surface area contributed by atoms with E-state index in [9.17, 15) is 9.90 Å². The fraction of sp³-hybridized carbons (Fsp3) is 0.333. The Bertz CT molecular complexity index is 1140. The monoisotopic (exact) mass is 487 g/mol. The maximum absolute atomic E-state index is 11.3. The van der Waals surface area contributed by atoms with Crippen molar-refractivity contribution in [1.82, 2.24) is 15.0 Å². The van der Waals surface area contributed by atoms with Crippen molar-refractivity contribution in [3.63, 3.8) is 0 Å². The van der Waals surface area contributed by atoms with Crippen molar-refractivity contribution in [2.45, 2.75) is 50.9 Å². The van der Waals surface area contributed by atoms with E-state index in [1.165, 1.54) is 35.4 Å². The van der Waals surface area contributed by atoms with Crippen molar-refractivity contribution in [2.24, 2.45) is 0 Å². The smallest absolute Gasteiger partial charge is 0.303 e. The lowest BCUT2D eigenvalue weighted by atomic mass is 9.91. The molecule has 5 nitrogen and oxygen atoms in total. The molecule has 3 aromatic rings. The molecule has 2 heterocycles. The van der Waals surface area contributed by atoms with Crippen molar-refractivity contribution < 1.29 is 9.90 Å². The molecule has 166 valence electrons. The summed E-state index contributed by atoms with van der Waals surface area (Å²) in [7, 11) is 0. The minimum absolute atomic E-state index is 0. The first kappa shape index (κ1) is 24.2. The van der Waals surface area contributed by atoms with Crippen LogP contribution in [0, 0.1) is 11.8 Å². The average molecular weight is 488 g/mol. The van der Waals surface area contributed by atoms with Crippen molar-refractivity contribution in [2.75, 3.05) is 0 Å². The molecule has 0 aliphatic heterocycles. The highest BCUT2D eigenvalue weighted by Gasteiger charge is 2.18. The standard InChI is InChI=1S/C24H22ClN3O2S.ClH/c25-19-10-8-16(9-11-19)18(13-24(29)30)12-20-15-31-23(27-20)7-3-6-22-26-14-17-4-1-2-5-21(17)28-22;/h8-11,14-15,18H,1-2,4-6,12-13H2,(H,29,30);1H. The molecule has 8 heteroatoms. The van der Waals surface area contributed by atoms with Gasteiger partial charge < -0.3 is 5.11 Å². The summed E-state index contributed by atoms with van der Waals surface area (Å²) in [6.07, 6.45) is 7.52. The van der Waals surface area contributed by atoms with Gasteiger partial charge in [0.05, 0.1) is 18.5 Å². The maximum Gasteiger partial charge on any atom is 0.303 e. The normalized spacial score (nSPS) is 13.3. The predicted octanol–water partition coefficient (Wildman–Crippen LogP) is 5.28. The Kier molecular flexibility index (Phi) is 8.63. The second kappa shape index (κ2) is 11.4. The number of nitrogens with zero attached hydrogens (tertiary/aromatic N) is 3. The van der Waals surface area contributed by atoms with E-state index in [1.54, 1.807) is 12.1 Å². The Morgan fingerprint density at radius 3 is 2.75 bits per heavy atom. The van der Waals surface area contributed by atoms with Gasteiger partial charge in [0.2, 0.25) is 0 Å². The van der Waals surface area contributed by atoms with Crippen LogP contribution >= 0.6 is 35.3 Å². The molecule has 0 saturated carbocycles. The van der Waals surface area contributed by atoms with Gasteiger partial charge in [0, 0.05) is 22.3 Å². The third-order valence-corrected chi connectivity index (χ3v) is 6.38. The topological polar surface area (TPSA) is 76.0 Å². The van der Waals surface area contributed by atoms with Crippen molar-refractivity contribution in [1.29, 1.82) is 0 Å². The van der Waals surface area contributed by atoms with Gasteiger partial charge in [-0.15, -0.1) is 23.7 Å². The van der Waals surface area contributed by atoms with Gasteiger partial charge in [-0.05, 0) is 67.2 Å². The Hall–Kier alpha value is -2.46. The largest absolute Gasteiger partial charge is 0.481 e. The third-order valence-electron chi connectivity index (χ3n) is 5.33. The number of benzene rings is 1. The second-order valence-corrected chi connectivity index (χ2v) is 8.93. The molecule has 1 aromatic carbocycles. The van der Waals surface area contributed by atoms with Crippen LogP contribution < -0.4 is 0 Å². The Labute approximate surface area is 202 Å². The molecule has 0 fully saturated rings. The number of carboxylic acid groups (broad SMARTS) is 1. The van der Waals surface area contributed by atoms with E-state index < -0.39 is 5.97 Å². The number of carbonyl (C=O) groups is 1. The number of aromatic nitrogens is 3. The van der Waals surface area contributed by atoms with Gasteiger partial charge in [-0.1, -0.05) is 29.7 Å². The van der Waals surface area contributed by atoms with E-state index in [-0.39, 0.29) is 24.7 Å². The van der Waals surface area contributed by atoms with Gasteiger partial charge in [-0.25, -0.2) is 15.0 Å². The van der Waals surface area contributed by atoms with E-state index in [4.69, 9.17) is 11.6 Å². The third kappa shape index (κ3) is 6.52. The summed E-state index contributed by atoms with van der Waals surface area (Å²) in [5.41, 5.74) is 4.22. The van der Waals surface area contributed by atoms with E-state index in [2.05, 4.69) is 26.8 Å². The first-order chi connectivity index (χ1) is 15.1. The van der Waals surface area contributed by atoms with Crippen LogP contribution in [0.1, 0.15) is 58.5 Å². The molecule has 1 unspecified atom stereocenters. The fourth-order valence-electron chi connectivity index (χ4n) is 3.76. The summed E-state index contributed by atoms with van der Waals surface area (Å²) >= 11 is 7.43. The molecule has 4 rings (SSSR count). The highest BCUT2D eigenvalue weighted by Crippen LogP contribution is 2.26. The van der Waals surface area contributed by atoms with Gasteiger partial charge in [0.15, 0.2) is 5.01 Å². The number of hydrogen-bond donors (Lipinski definition) is 1. The molecule has 32 heavy (non-hydrogen) atoms. The molecule has 1 atom stereocenters. The number of fused-ring (bicyclic) bond motifs is 1. The van der Waals surface area contributed by atoms with Gasteiger partial charge in [0.1, 0.15) is 5.82 Å². The van der Waals surface area contributed by atoms with Crippen LogP contribution in [-0.2, 0) is 30.5 Å². The van der Waals surface area contributed by atoms with Crippen LogP contribution in [-0.4, -0.2) is 26.0 Å².